The summed E-state index contributed by atoms with van der Waals surface area (Å²) in [5, 5.41) is 4.18. The van der Waals surface area contributed by atoms with Crippen molar-refractivity contribution in [3.63, 3.8) is 0 Å². The third kappa shape index (κ3) is 2.52. The minimum atomic E-state index is 0.535. The van der Waals surface area contributed by atoms with Crippen LogP contribution in [0.2, 0.25) is 10.0 Å². The summed E-state index contributed by atoms with van der Waals surface area (Å²) in [7, 11) is 0. The molecule has 0 radical (unpaired) electrons. The van der Waals surface area contributed by atoms with Gasteiger partial charge in [0.25, 0.3) is 0 Å². The molecule has 3 nitrogen and oxygen atoms in total. The van der Waals surface area contributed by atoms with Crippen LogP contribution >= 0.6 is 23.2 Å². The smallest absolute Gasteiger partial charge is 0.153 e. The van der Waals surface area contributed by atoms with Gasteiger partial charge in [-0.15, -0.1) is 0 Å². The highest BCUT2D eigenvalue weighted by atomic mass is 35.5. The molecule has 0 unspecified atom stereocenters. The maximum atomic E-state index is 6.22. The normalized spacial score (nSPS) is 10.4. The van der Waals surface area contributed by atoms with Crippen molar-refractivity contribution in [3.05, 3.63) is 45.6 Å². The van der Waals surface area contributed by atoms with Crippen molar-refractivity contribution in [2.24, 2.45) is 0 Å². The number of nitrogen functional groups attached to an aromatic ring is 1. The fourth-order valence-electron chi connectivity index (χ4n) is 1.59. The van der Waals surface area contributed by atoms with Crippen molar-refractivity contribution in [1.29, 1.82) is 0 Å². The van der Waals surface area contributed by atoms with Gasteiger partial charge in [-0.1, -0.05) is 29.3 Å². The molecular formula is C13H13Cl2N3. The first-order valence-corrected chi connectivity index (χ1v) is 6.18. The van der Waals surface area contributed by atoms with Gasteiger partial charge in [0.15, 0.2) is 5.82 Å². The molecule has 1 aromatic heterocycles. The molecule has 1 heterocycles. The van der Waals surface area contributed by atoms with Crippen LogP contribution in [0.15, 0.2) is 24.4 Å². The minimum absolute atomic E-state index is 0.535. The number of anilines is 3. The third-order valence-corrected chi connectivity index (χ3v) is 3.38. The standard InChI is InChI=1S/C13H13Cl2N3/c1-7-5-10(16)13(17-6-7)18-12-9(14)4-3-8(2)11(12)15/h3-6H,16H2,1-2H3,(H,17,18). The first-order chi connectivity index (χ1) is 8.49. The van der Waals surface area contributed by atoms with Gasteiger partial charge in [-0.2, -0.15) is 0 Å². The zero-order chi connectivity index (χ0) is 13.3. The first kappa shape index (κ1) is 13.0. The van der Waals surface area contributed by atoms with Gasteiger partial charge < -0.3 is 11.1 Å². The Morgan fingerprint density at radius 2 is 1.94 bits per heavy atom. The average molecular weight is 282 g/mol. The van der Waals surface area contributed by atoms with E-state index < -0.39 is 0 Å². The van der Waals surface area contributed by atoms with E-state index in [1.807, 2.05) is 26.0 Å². The Kier molecular flexibility index (Phi) is 3.64. The summed E-state index contributed by atoms with van der Waals surface area (Å²) < 4.78 is 0. The van der Waals surface area contributed by atoms with Crippen molar-refractivity contribution in [2.45, 2.75) is 13.8 Å². The highest BCUT2D eigenvalue weighted by Gasteiger charge is 2.10. The highest BCUT2D eigenvalue weighted by molar-refractivity contribution is 6.39. The largest absolute Gasteiger partial charge is 0.396 e. The number of hydrogen-bond acceptors (Lipinski definition) is 3. The van der Waals surface area contributed by atoms with Gasteiger partial charge >= 0.3 is 0 Å². The van der Waals surface area contributed by atoms with Crippen LogP contribution < -0.4 is 11.1 Å². The van der Waals surface area contributed by atoms with Crippen LogP contribution in [0.5, 0.6) is 0 Å². The van der Waals surface area contributed by atoms with Crippen LogP contribution in [-0.2, 0) is 0 Å². The second kappa shape index (κ2) is 5.04. The minimum Gasteiger partial charge on any atom is -0.396 e. The van der Waals surface area contributed by atoms with Crippen molar-refractivity contribution < 1.29 is 0 Å². The van der Waals surface area contributed by atoms with E-state index in [-0.39, 0.29) is 0 Å². The highest BCUT2D eigenvalue weighted by Crippen LogP contribution is 2.35. The lowest BCUT2D eigenvalue weighted by Gasteiger charge is -2.13. The summed E-state index contributed by atoms with van der Waals surface area (Å²) in [6.45, 7) is 3.84. The number of nitrogens with one attached hydrogen (secondary N) is 1. The number of pyridine rings is 1. The Hall–Kier alpha value is -1.45. The maximum Gasteiger partial charge on any atom is 0.153 e. The first-order valence-electron chi connectivity index (χ1n) is 5.43. The Balaban J connectivity index is 2.43. The zero-order valence-electron chi connectivity index (χ0n) is 10.1. The summed E-state index contributed by atoms with van der Waals surface area (Å²) >= 11 is 12.3. The van der Waals surface area contributed by atoms with E-state index in [0.29, 0.717) is 27.2 Å². The topological polar surface area (TPSA) is 50.9 Å². The number of aryl methyl sites for hydroxylation is 2. The Morgan fingerprint density at radius 3 is 2.61 bits per heavy atom. The van der Waals surface area contributed by atoms with E-state index in [0.717, 1.165) is 11.1 Å². The number of benzene rings is 1. The molecule has 0 saturated carbocycles. The third-order valence-electron chi connectivity index (χ3n) is 2.58. The summed E-state index contributed by atoms with van der Waals surface area (Å²) in [5.41, 5.74) is 9.02. The van der Waals surface area contributed by atoms with E-state index in [1.165, 1.54) is 0 Å². The number of nitrogens with two attached hydrogens (primary N) is 1. The Labute approximate surface area is 116 Å². The molecule has 0 atom stereocenters. The molecule has 0 amide bonds. The summed E-state index contributed by atoms with van der Waals surface area (Å²) in [6, 6.07) is 5.49. The van der Waals surface area contributed by atoms with E-state index in [4.69, 9.17) is 28.9 Å². The van der Waals surface area contributed by atoms with Crippen molar-refractivity contribution in [2.75, 3.05) is 11.1 Å². The quantitative estimate of drug-likeness (QED) is 0.861. The maximum absolute atomic E-state index is 6.22. The molecule has 0 aliphatic heterocycles. The molecule has 1 aromatic carbocycles. The van der Waals surface area contributed by atoms with Gasteiger partial charge in [-0.05, 0) is 37.1 Å². The van der Waals surface area contributed by atoms with Gasteiger partial charge in [-0.3, -0.25) is 0 Å². The molecule has 0 spiro atoms. The molecule has 0 saturated heterocycles. The van der Waals surface area contributed by atoms with E-state index >= 15 is 0 Å². The van der Waals surface area contributed by atoms with Crippen molar-refractivity contribution in [1.82, 2.24) is 4.98 Å². The molecule has 0 aliphatic carbocycles. The molecule has 94 valence electrons. The second-order valence-electron chi connectivity index (χ2n) is 4.13. The SMILES string of the molecule is Cc1cnc(Nc2c(Cl)ccc(C)c2Cl)c(N)c1. The predicted octanol–water partition coefficient (Wildman–Crippen LogP) is 4.33. The van der Waals surface area contributed by atoms with Gasteiger partial charge in [0.2, 0.25) is 0 Å². The summed E-state index contributed by atoms with van der Waals surface area (Å²) in [5.74, 6) is 0.551. The lowest BCUT2D eigenvalue weighted by molar-refractivity contribution is 1.26. The van der Waals surface area contributed by atoms with E-state index in [1.54, 1.807) is 12.3 Å². The lowest BCUT2D eigenvalue weighted by Crippen LogP contribution is -2.01. The molecule has 0 aliphatic rings. The molecular weight excluding hydrogens is 269 g/mol. The lowest BCUT2D eigenvalue weighted by atomic mass is 10.2. The van der Waals surface area contributed by atoms with Crippen LogP contribution in [0.25, 0.3) is 0 Å². The van der Waals surface area contributed by atoms with E-state index in [9.17, 15) is 0 Å². The molecule has 2 rings (SSSR count). The molecule has 3 N–H and O–H groups in total. The second-order valence-corrected chi connectivity index (χ2v) is 4.91. The molecule has 0 fully saturated rings. The molecule has 2 aromatic rings. The molecule has 5 heteroatoms. The average Bonchev–Trinajstić information content (AvgIpc) is 2.32. The predicted molar refractivity (Wildman–Crippen MR) is 77.9 cm³/mol. The number of aromatic nitrogens is 1. The van der Waals surface area contributed by atoms with Gasteiger partial charge in [-0.25, -0.2) is 4.98 Å². The fraction of sp³-hybridized carbons (Fsp3) is 0.154. The van der Waals surface area contributed by atoms with Crippen molar-refractivity contribution in [3.8, 4) is 0 Å². The van der Waals surface area contributed by atoms with Crippen LogP contribution in [0, 0.1) is 13.8 Å². The monoisotopic (exact) mass is 281 g/mol. The summed E-state index contributed by atoms with van der Waals surface area (Å²) in [4.78, 5) is 4.23. The van der Waals surface area contributed by atoms with E-state index in [2.05, 4.69) is 10.3 Å². The number of nitrogens with zero attached hydrogens (tertiary/aromatic N) is 1. The number of rotatable bonds is 2. The fourth-order valence-corrected chi connectivity index (χ4v) is 2.05. The number of hydrogen-bond donors (Lipinski definition) is 2. The summed E-state index contributed by atoms with van der Waals surface area (Å²) in [6.07, 6.45) is 1.73. The molecule has 0 bridgehead atoms. The van der Waals surface area contributed by atoms with Gasteiger partial charge in [0, 0.05) is 6.20 Å². The van der Waals surface area contributed by atoms with Crippen LogP contribution in [-0.4, -0.2) is 4.98 Å². The van der Waals surface area contributed by atoms with Gasteiger partial charge in [0.05, 0.1) is 21.4 Å². The van der Waals surface area contributed by atoms with Crippen LogP contribution in [0.1, 0.15) is 11.1 Å². The van der Waals surface area contributed by atoms with Gasteiger partial charge in [0.1, 0.15) is 0 Å². The molecule has 18 heavy (non-hydrogen) atoms. The van der Waals surface area contributed by atoms with Crippen LogP contribution in [0.3, 0.4) is 0 Å². The Morgan fingerprint density at radius 1 is 1.22 bits per heavy atom. The number of halogens is 2. The Bertz CT molecular complexity index is 597. The van der Waals surface area contributed by atoms with Crippen LogP contribution in [0.4, 0.5) is 17.2 Å². The zero-order valence-corrected chi connectivity index (χ0v) is 11.6. The van der Waals surface area contributed by atoms with Crippen molar-refractivity contribution >= 4 is 40.4 Å².